The van der Waals surface area contributed by atoms with Gasteiger partial charge in [0.05, 0.1) is 37.4 Å². The lowest BCUT2D eigenvalue weighted by Crippen LogP contribution is -2.21. The molecule has 0 atom stereocenters. The van der Waals surface area contributed by atoms with E-state index in [1.165, 1.54) is 25.1 Å². The summed E-state index contributed by atoms with van der Waals surface area (Å²) in [6.45, 7) is -2.71. The van der Waals surface area contributed by atoms with E-state index >= 15 is 0 Å². The minimum atomic E-state index is -2.71. The second-order valence-corrected chi connectivity index (χ2v) is 5.87. The highest BCUT2D eigenvalue weighted by molar-refractivity contribution is 6.29. The molecule has 28 heavy (non-hydrogen) atoms. The van der Waals surface area contributed by atoms with Crippen molar-refractivity contribution in [1.29, 1.82) is 0 Å². The maximum absolute atomic E-state index is 12.4. The molecule has 3 rings (SSSR count). The molecule has 0 spiro atoms. The number of rotatable bonds is 6. The van der Waals surface area contributed by atoms with Crippen LogP contribution < -0.4 is 20.1 Å². The number of nitrogens with zero attached hydrogens (tertiary/aromatic N) is 5. The van der Waals surface area contributed by atoms with Crippen molar-refractivity contribution in [3.05, 3.63) is 35.2 Å². The number of amides is 1. The molecule has 10 nitrogen and oxygen atoms in total. The van der Waals surface area contributed by atoms with E-state index < -0.39 is 12.9 Å². The number of methoxy groups -OCH3 is 2. The Morgan fingerprint density at radius 3 is 2.68 bits per heavy atom. The number of carbonyl (C=O) groups is 1. The van der Waals surface area contributed by atoms with Crippen LogP contribution >= 0.6 is 11.6 Å². The molecule has 1 amide bonds. The molecule has 0 fully saturated rings. The van der Waals surface area contributed by atoms with Gasteiger partial charge in [-0.3, -0.25) is 4.79 Å². The van der Waals surface area contributed by atoms with Crippen molar-refractivity contribution >= 4 is 28.9 Å². The molecule has 11 heteroatoms. The van der Waals surface area contributed by atoms with E-state index in [1.807, 2.05) is 5.32 Å². The van der Waals surface area contributed by atoms with Crippen LogP contribution in [0.1, 0.15) is 14.6 Å². The fourth-order valence-corrected chi connectivity index (χ4v) is 2.67. The standard InChI is InChI=1S/C17H18ClN7O3/c1-19-17(26)15-11(7-14(18)22-23-15)21-12-6-9(27-3)5-10(16(12)28-4)13-8-20-25(2)24-13/h5-8H,1-4H3,(H,19,26)(H,21,22)/i1D3. The summed E-state index contributed by atoms with van der Waals surface area (Å²) in [5.41, 5.74) is 1.31. The summed E-state index contributed by atoms with van der Waals surface area (Å²) in [5, 5.41) is 20.6. The molecule has 2 aromatic heterocycles. The maximum Gasteiger partial charge on any atom is 0.273 e. The molecule has 0 saturated heterocycles. The fourth-order valence-electron chi connectivity index (χ4n) is 2.53. The van der Waals surface area contributed by atoms with Gasteiger partial charge in [-0.05, 0) is 6.07 Å². The van der Waals surface area contributed by atoms with Crippen LogP contribution in [0.15, 0.2) is 24.4 Å². The van der Waals surface area contributed by atoms with Gasteiger partial charge >= 0.3 is 0 Å². The summed E-state index contributed by atoms with van der Waals surface area (Å²) in [4.78, 5) is 13.8. The zero-order chi connectivity index (χ0) is 22.8. The number of nitrogens with one attached hydrogen (secondary N) is 2. The second kappa shape index (κ2) is 8.09. The Bertz CT molecular complexity index is 1120. The minimum Gasteiger partial charge on any atom is -0.497 e. The SMILES string of the molecule is [2H]C([2H])([2H])NC(=O)c1nnc(Cl)cc1Nc1cc(OC)cc(-c2cnn(C)n2)c1OC. The highest BCUT2D eigenvalue weighted by atomic mass is 35.5. The first kappa shape index (κ1) is 15.6. The molecular weight excluding hydrogens is 386 g/mol. The van der Waals surface area contributed by atoms with Gasteiger partial charge in [0.15, 0.2) is 16.6 Å². The monoisotopic (exact) mass is 406 g/mol. The predicted molar refractivity (Wildman–Crippen MR) is 103 cm³/mol. The zero-order valence-electron chi connectivity index (χ0n) is 18.1. The van der Waals surface area contributed by atoms with Gasteiger partial charge in [-0.2, -0.15) is 15.0 Å². The lowest BCUT2D eigenvalue weighted by atomic mass is 10.1. The van der Waals surface area contributed by atoms with Gasteiger partial charge in [-0.25, -0.2) is 0 Å². The molecule has 0 unspecified atom stereocenters. The molecule has 146 valence electrons. The Morgan fingerprint density at radius 1 is 1.21 bits per heavy atom. The average molecular weight is 407 g/mol. The summed E-state index contributed by atoms with van der Waals surface area (Å²) in [6.07, 6.45) is 1.56. The van der Waals surface area contributed by atoms with Gasteiger partial charge in [0.25, 0.3) is 5.91 Å². The number of aryl methyl sites for hydroxylation is 1. The first-order valence-corrected chi connectivity index (χ1v) is 8.24. The summed E-state index contributed by atoms with van der Waals surface area (Å²) in [6, 6.07) is 4.68. The molecule has 2 N–H and O–H groups in total. The highest BCUT2D eigenvalue weighted by Crippen LogP contribution is 2.41. The Morgan fingerprint density at radius 2 is 2.04 bits per heavy atom. The number of hydrogen-bond donors (Lipinski definition) is 2. The number of aromatic nitrogens is 5. The van der Waals surface area contributed by atoms with Crippen LogP contribution in [0.3, 0.4) is 0 Å². The molecule has 0 aliphatic carbocycles. The van der Waals surface area contributed by atoms with Crippen LogP contribution in [0.5, 0.6) is 11.5 Å². The van der Waals surface area contributed by atoms with Crippen LogP contribution in [-0.2, 0) is 7.05 Å². The molecule has 0 bridgehead atoms. The van der Waals surface area contributed by atoms with E-state index in [1.54, 1.807) is 25.4 Å². The summed E-state index contributed by atoms with van der Waals surface area (Å²) in [5.74, 6) is -0.121. The van der Waals surface area contributed by atoms with Crippen molar-refractivity contribution in [2.45, 2.75) is 0 Å². The number of benzene rings is 1. The molecule has 0 aliphatic rings. The number of hydrogen-bond acceptors (Lipinski definition) is 8. The molecule has 0 aliphatic heterocycles. The minimum absolute atomic E-state index is 0.0102. The highest BCUT2D eigenvalue weighted by Gasteiger charge is 2.20. The molecule has 2 heterocycles. The quantitative estimate of drug-likeness (QED) is 0.638. The fraction of sp³-hybridized carbons (Fsp3) is 0.235. The van der Waals surface area contributed by atoms with E-state index in [0.29, 0.717) is 28.4 Å². The van der Waals surface area contributed by atoms with Crippen LogP contribution in [0.4, 0.5) is 11.4 Å². The van der Waals surface area contributed by atoms with Crippen LogP contribution in [-0.4, -0.2) is 52.3 Å². The van der Waals surface area contributed by atoms with Crippen molar-refractivity contribution in [3.63, 3.8) is 0 Å². The Hall–Kier alpha value is -3.40. The summed E-state index contributed by atoms with van der Waals surface area (Å²) >= 11 is 5.95. The number of halogens is 1. The van der Waals surface area contributed by atoms with Gasteiger partial charge in [0, 0.05) is 30.3 Å². The lowest BCUT2D eigenvalue weighted by molar-refractivity contribution is 0.0958. The van der Waals surface area contributed by atoms with Gasteiger partial charge in [0.1, 0.15) is 11.4 Å². The zero-order valence-corrected chi connectivity index (χ0v) is 15.9. The van der Waals surface area contributed by atoms with Crippen molar-refractivity contribution in [2.75, 3.05) is 26.5 Å². The first-order valence-electron chi connectivity index (χ1n) is 9.36. The molecule has 0 radical (unpaired) electrons. The van der Waals surface area contributed by atoms with E-state index in [9.17, 15) is 4.79 Å². The third kappa shape index (κ3) is 3.81. The number of ether oxygens (including phenoxy) is 2. The van der Waals surface area contributed by atoms with Gasteiger partial charge in [-0.15, -0.1) is 10.2 Å². The predicted octanol–water partition coefficient (Wildman–Crippen LogP) is 2.05. The third-order valence-corrected chi connectivity index (χ3v) is 3.92. The molecule has 1 aromatic carbocycles. The third-order valence-electron chi connectivity index (χ3n) is 3.74. The normalized spacial score (nSPS) is 12.5. The first-order chi connectivity index (χ1) is 14.6. The Labute approximate surface area is 170 Å². The van der Waals surface area contributed by atoms with Crippen molar-refractivity contribution < 1.29 is 18.4 Å². The van der Waals surface area contributed by atoms with Crippen molar-refractivity contribution in [3.8, 4) is 22.8 Å². The van der Waals surface area contributed by atoms with E-state index in [2.05, 4.69) is 25.7 Å². The van der Waals surface area contributed by atoms with Crippen molar-refractivity contribution in [1.82, 2.24) is 30.5 Å². The van der Waals surface area contributed by atoms with Gasteiger partial charge in [-0.1, -0.05) is 11.6 Å². The maximum atomic E-state index is 12.4. The number of carbonyl (C=O) groups excluding carboxylic acids is 1. The Balaban J connectivity index is 2.10. The van der Waals surface area contributed by atoms with Crippen LogP contribution in [0, 0.1) is 0 Å². The second-order valence-electron chi connectivity index (χ2n) is 5.48. The topological polar surface area (TPSA) is 116 Å². The summed E-state index contributed by atoms with van der Waals surface area (Å²) in [7, 11) is 4.63. The van der Waals surface area contributed by atoms with Crippen molar-refractivity contribution in [2.24, 2.45) is 7.05 Å². The molecule has 3 aromatic rings. The van der Waals surface area contributed by atoms with E-state index in [-0.39, 0.29) is 16.5 Å². The molecular formula is C17H18ClN7O3. The van der Waals surface area contributed by atoms with E-state index in [4.69, 9.17) is 25.2 Å². The van der Waals surface area contributed by atoms with Crippen LogP contribution in [0.25, 0.3) is 11.3 Å². The van der Waals surface area contributed by atoms with Gasteiger partial charge in [0.2, 0.25) is 0 Å². The summed E-state index contributed by atoms with van der Waals surface area (Å²) < 4.78 is 32.7. The average Bonchev–Trinajstić information content (AvgIpc) is 3.12. The largest absolute Gasteiger partial charge is 0.497 e. The number of anilines is 2. The van der Waals surface area contributed by atoms with Gasteiger partial charge < -0.3 is 20.1 Å². The Kier molecular flexibility index (Phi) is 4.52. The van der Waals surface area contributed by atoms with Crippen LogP contribution in [0.2, 0.25) is 5.15 Å². The lowest BCUT2D eigenvalue weighted by Gasteiger charge is -2.17. The smallest absolute Gasteiger partial charge is 0.273 e. The van der Waals surface area contributed by atoms with E-state index in [0.717, 1.165) is 0 Å². The molecule has 0 saturated carbocycles.